The predicted molar refractivity (Wildman–Crippen MR) is 102 cm³/mol. The lowest BCUT2D eigenvalue weighted by Crippen LogP contribution is -2.54. The van der Waals surface area contributed by atoms with Gasteiger partial charge in [-0.3, -0.25) is 4.48 Å². The van der Waals surface area contributed by atoms with Gasteiger partial charge in [0.2, 0.25) is 6.23 Å². The van der Waals surface area contributed by atoms with Crippen LogP contribution >= 0.6 is 23.2 Å². The maximum atomic E-state index is 6.46. The highest BCUT2D eigenvalue weighted by molar-refractivity contribution is 6.36. The van der Waals surface area contributed by atoms with Crippen LogP contribution in [0.5, 0.6) is 5.75 Å². The molecule has 1 unspecified atom stereocenters. The van der Waals surface area contributed by atoms with Crippen LogP contribution in [-0.2, 0) is 6.42 Å². The van der Waals surface area contributed by atoms with Crippen molar-refractivity contribution in [1.82, 2.24) is 0 Å². The van der Waals surface area contributed by atoms with Crippen molar-refractivity contribution in [1.29, 1.82) is 0 Å². The fourth-order valence-electron chi connectivity index (χ4n) is 3.39. The van der Waals surface area contributed by atoms with Gasteiger partial charge in [-0.15, -0.1) is 0 Å². The molecule has 2 aromatic carbocycles. The van der Waals surface area contributed by atoms with Gasteiger partial charge in [0.1, 0.15) is 5.75 Å². The number of fused-ring (bicyclic) bond motifs is 1. The summed E-state index contributed by atoms with van der Waals surface area (Å²) in [7, 11) is 2.26. The number of quaternary nitrogens is 1. The van der Waals surface area contributed by atoms with Crippen molar-refractivity contribution in [2.24, 2.45) is 0 Å². The van der Waals surface area contributed by atoms with Gasteiger partial charge in [-0.25, -0.2) is 0 Å². The zero-order valence-electron chi connectivity index (χ0n) is 14.7. The molecule has 2 nitrogen and oxygen atoms in total. The number of hydrogen-bond donors (Lipinski definition) is 0. The third-order valence-corrected chi connectivity index (χ3v) is 5.87. The van der Waals surface area contributed by atoms with Crippen molar-refractivity contribution in [3.05, 3.63) is 51.5 Å². The lowest BCUT2D eigenvalue weighted by molar-refractivity contribution is -0.946. The SMILES string of the molecule is CC[N+](C)(CC)C1Cc2cc(C)cc(-c3ccc(Cl)cc3Cl)c2O1. The first-order valence-electron chi connectivity index (χ1n) is 8.47. The molecule has 3 rings (SSSR count). The first kappa shape index (κ1) is 17.6. The number of rotatable bonds is 4. The van der Waals surface area contributed by atoms with Crippen molar-refractivity contribution in [2.75, 3.05) is 20.1 Å². The lowest BCUT2D eigenvalue weighted by atomic mass is 9.98. The Morgan fingerprint density at radius 3 is 2.42 bits per heavy atom. The van der Waals surface area contributed by atoms with Crippen LogP contribution in [0.2, 0.25) is 10.0 Å². The van der Waals surface area contributed by atoms with E-state index in [1.165, 1.54) is 11.1 Å². The Kier molecular flexibility index (Phi) is 4.83. The molecule has 0 fully saturated rings. The maximum absolute atomic E-state index is 6.46. The number of aryl methyl sites for hydroxylation is 1. The molecule has 0 radical (unpaired) electrons. The van der Waals surface area contributed by atoms with Crippen molar-refractivity contribution in [3.8, 4) is 16.9 Å². The molecule has 1 heterocycles. The summed E-state index contributed by atoms with van der Waals surface area (Å²) in [5, 5.41) is 1.30. The van der Waals surface area contributed by atoms with Crippen molar-refractivity contribution >= 4 is 23.2 Å². The Morgan fingerprint density at radius 1 is 1.08 bits per heavy atom. The molecule has 1 aliphatic rings. The van der Waals surface area contributed by atoms with E-state index in [0.717, 1.165) is 40.9 Å². The van der Waals surface area contributed by atoms with Gasteiger partial charge in [-0.1, -0.05) is 35.3 Å². The summed E-state index contributed by atoms with van der Waals surface area (Å²) in [5.41, 5.74) is 4.53. The molecule has 0 saturated heterocycles. The average molecular weight is 365 g/mol. The molecule has 0 spiro atoms. The van der Waals surface area contributed by atoms with Crippen LogP contribution in [-0.4, -0.2) is 30.8 Å². The van der Waals surface area contributed by atoms with Gasteiger partial charge in [0.25, 0.3) is 0 Å². The second kappa shape index (κ2) is 6.59. The summed E-state index contributed by atoms with van der Waals surface area (Å²) in [6.45, 7) is 8.65. The molecule has 24 heavy (non-hydrogen) atoms. The van der Waals surface area contributed by atoms with Gasteiger partial charge in [-0.2, -0.15) is 0 Å². The summed E-state index contributed by atoms with van der Waals surface area (Å²) >= 11 is 12.5. The zero-order valence-corrected chi connectivity index (χ0v) is 16.2. The Balaban J connectivity index is 2.08. The van der Waals surface area contributed by atoms with Gasteiger partial charge in [0, 0.05) is 21.7 Å². The van der Waals surface area contributed by atoms with Crippen LogP contribution in [0.25, 0.3) is 11.1 Å². The van der Waals surface area contributed by atoms with E-state index in [-0.39, 0.29) is 6.23 Å². The first-order valence-corrected chi connectivity index (χ1v) is 9.23. The molecular weight excluding hydrogens is 341 g/mol. The molecule has 0 N–H and O–H groups in total. The van der Waals surface area contributed by atoms with Crippen LogP contribution in [0.4, 0.5) is 0 Å². The fraction of sp³-hybridized carbons (Fsp3) is 0.400. The standard InChI is InChI=1S/C20H24Cl2NO/c1-5-23(4,6-2)19-11-14-9-13(3)10-17(20(14)24-19)16-8-7-15(21)12-18(16)22/h7-10,12,19H,5-6,11H2,1-4H3/q+1. The molecule has 0 amide bonds. The highest BCUT2D eigenvalue weighted by atomic mass is 35.5. The van der Waals surface area contributed by atoms with Crippen LogP contribution < -0.4 is 4.74 Å². The smallest absolute Gasteiger partial charge is 0.237 e. The van der Waals surface area contributed by atoms with Crippen LogP contribution in [0.1, 0.15) is 25.0 Å². The summed E-state index contributed by atoms with van der Waals surface area (Å²) in [6.07, 6.45) is 1.09. The molecule has 1 aliphatic heterocycles. The largest absolute Gasteiger partial charge is 0.441 e. The van der Waals surface area contributed by atoms with Crippen molar-refractivity contribution < 1.29 is 9.22 Å². The first-order chi connectivity index (χ1) is 11.4. The molecule has 4 heteroatoms. The lowest BCUT2D eigenvalue weighted by Gasteiger charge is -2.37. The van der Waals surface area contributed by atoms with E-state index in [2.05, 4.69) is 40.0 Å². The molecule has 0 bridgehead atoms. The summed E-state index contributed by atoms with van der Waals surface area (Å²) < 4.78 is 7.36. The Hall–Kier alpha value is -1.22. The summed E-state index contributed by atoms with van der Waals surface area (Å²) in [4.78, 5) is 0. The number of halogens is 2. The topological polar surface area (TPSA) is 9.23 Å². The van der Waals surface area contributed by atoms with Gasteiger partial charge < -0.3 is 4.74 Å². The van der Waals surface area contributed by atoms with E-state index in [4.69, 9.17) is 27.9 Å². The zero-order chi connectivity index (χ0) is 17.5. The molecule has 128 valence electrons. The second-order valence-corrected chi connectivity index (χ2v) is 7.66. The number of ether oxygens (including phenoxy) is 1. The molecular formula is C20H24Cl2NO+. The van der Waals surface area contributed by atoms with Crippen LogP contribution in [0.3, 0.4) is 0 Å². The van der Waals surface area contributed by atoms with E-state index in [1.54, 1.807) is 6.07 Å². The summed E-state index contributed by atoms with van der Waals surface area (Å²) in [5.74, 6) is 0.973. The maximum Gasteiger partial charge on any atom is 0.237 e. The third-order valence-electron chi connectivity index (χ3n) is 5.32. The number of likely N-dealkylation sites (N-methyl/N-ethyl adjacent to an activating group) is 1. The van der Waals surface area contributed by atoms with Crippen molar-refractivity contribution in [2.45, 2.75) is 33.4 Å². The number of hydrogen-bond acceptors (Lipinski definition) is 1. The fourth-order valence-corrected chi connectivity index (χ4v) is 3.90. The minimum atomic E-state index is 0.154. The van der Waals surface area contributed by atoms with E-state index < -0.39 is 0 Å². The van der Waals surface area contributed by atoms with E-state index >= 15 is 0 Å². The van der Waals surface area contributed by atoms with E-state index in [0.29, 0.717) is 10.0 Å². The minimum Gasteiger partial charge on any atom is -0.441 e. The monoisotopic (exact) mass is 364 g/mol. The van der Waals surface area contributed by atoms with Crippen LogP contribution in [0, 0.1) is 6.92 Å². The minimum absolute atomic E-state index is 0.154. The predicted octanol–water partition coefficient (Wildman–Crippen LogP) is 5.72. The molecule has 1 atom stereocenters. The van der Waals surface area contributed by atoms with E-state index in [9.17, 15) is 0 Å². The Morgan fingerprint density at radius 2 is 1.79 bits per heavy atom. The quantitative estimate of drug-likeness (QED) is 0.630. The summed E-state index contributed by atoms with van der Waals surface area (Å²) in [6, 6.07) is 10.0. The Bertz CT molecular complexity index is 768. The third kappa shape index (κ3) is 3.03. The normalized spacial score (nSPS) is 16.8. The average Bonchev–Trinajstić information content (AvgIpc) is 2.98. The van der Waals surface area contributed by atoms with E-state index in [1.807, 2.05) is 12.1 Å². The molecule has 0 aromatic heterocycles. The van der Waals surface area contributed by atoms with Crippen molar-refractivity contribution in [3.63, 3.8) is 0 Å². The highest BCUT2D eigenvalue weighted by Crippen LogP contribution is 2.44. The number of benzene rings is 2. The van der Waals surface area contributed by atoms with Gasteiger partial charge in [0.15, 0.2) is 0 Å². The van der Waals surface area contributed by atoms with Gasteiger partial charge >= 0.3 is 0 Å². The number of nitrogens with zero attached hydrogens (tertiary/aromatic N) is 1. The van der Waals surface area contributed by atoms with Gasteiger partial charge in [-0.05, 0) is 44.5 Å². The second-order valence-electron chi connectivity index (χ2n) is 6.81. The molecule has 0 aliphatic carbocycles. The Labute approximate surface area is 154 Å². The molecule has 0 saturated carbocycles. The van der Waals surface area contributed by atoms with Gasteiger partial charge in [0.05, 0.1) is 31.6 Å². The molecule has 2 aromatic rings. The van der Waals surface area contributed by atoms with Crippen LogP contribution in [0.15, 0.2) is 30.3 Å². The highest BCUT2D eigenvalue weighted by Gasteiger charge is 2.38.